The van der Waals surface area contributed by atoms with Crippen molar-refractivity contribution in [1.82, 2.24) is 10.2 Å². The second-order valence-electron chi connectivity index (χ2n) is 3.00. The number of nitrogens with one attached hydrogen (secondary N) is 1. The van der Waals surface area contributed by atoms with Gasteiger partial charge in [-0.15, -0.1) is 0 Å². The molecule has 0 aromatic heterocycles. The maximum Gasteiger partial charge on any atom is 0.246 e. The van der Waals surface area contributed by atoms with Crippen molar-refractivity contribution in [2.45, 2.75) is 19.9 Å². The lowest BCUT2D eigenvalue weighted by Crippen LogP contribution is -2.55. The topological polar surface area (TPSA) is 49.4 Å². The fourth-order valence-corrected chi connectivity index (χ4v) is 1.32. The monoisotopic (exact) mass is 182 g/mol. The van der Waals surface area contributed by atoms with Crippen molar-refractivity contribution in [3.05, 3.63) is 12.2 Å². The molecule has 1 atom stereocenters. The van der Waals surface area contributed by atoms with Gasteiger partial charge in [-0.1, -0.05) is 6.08 Å². The molecule has 1 rings (SSSR count). The lowest BCUT2D eigenvalue weighted by atomic mass is 10.2. The normalized spacial score (nSPS) is 23.4. The molecule has 1 fully saturated rings. The largest absolute Gasteiger partial charge is 0.353 e. The molecule has 0 bridgehead atoms. The zero-order chi connectivity index (χ0) is 9.84. The first-order valence-electron chi connectivity index (χ1n) is 4.38. The zero-order valence-corrected chi connectivity index (χ0v) is 7.91. The molecular formula is C9H14N2O2. The fourth-order valence-electron chi connectivity index (χ4n) is 1.32. The Balaban J connectivity index is 2.68. The lowest BCUT2D eigenvalue weighted by molar-refractivity contribution is -0.139. The Labute approximate surface area is 77.6 Å². The van der Waals surface area contributed by atoms with E-state index in [1.807, 2.05) is 0 Å². The summed E-state index contributed by atoms with van der Waals surface area (Å²) in [5, 5.41) is 2.70. The van der Waals surface area contributed by atoms with E-state index in [1.165, 1.54) is 6.08 Å². The zero-order valence-electron chi connectivity index (χ0n) is 7.91. The summed E-state index contributed by atoms with van der Waals surface area (Å²) in [5.41, 5.74) is 0. The van der Waals surface area contributed by atoms with Gasteiger partial charge in [0.1, 0.15) is 6.04 Å². The number of rotatable bonds is 1. The number of amides is 2. The molecule has 2 amide bonds. The number of nitrogens with zero attached hydrogens (tertiary/aromatic N) is 1. The van der Waals surface area contributed by atoms with E-state index in [9.17, 15) is 9.59 Å². The summed E-state index contributed by atoms with van der Waals surface area (Å²) >= 11 is 0. The van der Waals surface area contributed by atoms with Crippen LogP contribution in [0.1, 0.15) is 13.8 Å². The molecule has 1 N–H and O–H groups in total. The molecule has 4 heteroatoms. The fraction of sp³-hybridized carbons (Fsp3) is 0.556. The number of hydrogen-bond donors (Lipinski definition) is 1. The molecule has 13 heavy (non-hydrogen) atoms. The van der Waals surface area contributed by atoms with Gasteiger partial charge in [-0.2, -0.15) is 0 Å². The van der Waals surface area contributed by atoms with Crippen LogP contribution in [0.5, 0.6) is 0 Å². The van der Waals surface area contributed by atoms with E-state index in [-0.39, 0.29) is 17.9 Å². The highest BCUT2D eigenvalue weighted by molar-refractivity contribution is 5.93. The van der Waals surface area contributed by atoms with E-state index in [4.69, 9.17) is 0 Å². The molecule has 1 unspecified atom stereocenters. The van der Waals surface area contributed by atoms with Crippen LogP contribution in [0.3, 0.4) is 0 Å². The van der Waals surface area contributed by atoms with E-state index < -0.39 is 0 Å². The van der Waals surface area contributed by atoms with Gasteiger partial charge in [-0.3, -0.25) is 9.59 Å². The predicted molar refractivity (Wildman–Crippen MR) is 49.0 cm³/mol. The van der Waals surface area contributed by atoms with Gasteiger partial charge in [0.05, 0.1) is 0 Å². The van der Waals surface area contributed by atoms with Crippen LogP contribution < -0.4 is 5.32 Å². The van der Waals surface area contributed by atoms with Crippen LogP contribution in [0.4, 0.5) is 0 Å². The van der Waals surface area contributed by atoms with Gasteiger partial charge >= 0.3 is 0 Å². The first kappa shape index (κ1) is 9.77. The Morgan fingerprint density at radius 2 is 2.38 bits per heavy atom. The SMILES string of the molecule is C/C=C/C(=O)N1CCNC(=O)C1C. The summed E-state index contributed by atoms with van der Waals surface area (Å²) in [6.45, 7) is 4.66. The first-order valence-corrected chi connectivity index (χ1v) is 4.38. The Morgan fingerprint density at radius 3 is 3.00 bits per heavy atom. The molecule has 1 heterocycles. The third kappa shape index (κ3) is 2.08. The Kier molecular flexibility index (Phi) is 3.06. The van der Waals surface area contributed by atoms with Crippen molar-refractivity contribution in [1.29, 1.82) is 0 Å². The van der Waals surface area contributed by atoms with Crippen LogP contribution in [0.25, 0.3) is 0 Å². The summed E-state index contributed by atoms with van der Waals surface area (Å²) in [4.78, 5) is 24.2. The highest BCUT2D eigenvalue weighted by Crippen LogP contribution is 2.04. The van der Waals surface area contributed by atoms with E-state index in [0.29, 0.717) is 13.1 Å². The smallest absolute Gasteiger partial charge is 0.246 e. The van der Waals surface area contributed by atoms with Crippen LogP contribution in [0.2, 0.25) is 0 Å². The minimum absolute atomic E-state index is 0.0795. The lowest BCUT2D eigenvalue weighted by Gasteiger charge is -2.31. The van der Waals surface area contributed by atoms with Crippen LogP contribution >= 0.6 is 0 Å². The molecule has 0 spiro atoms. The van der Waals surface area contributed by atoms with Crippen molar-refractivity contribution < 1.29 is 9.59 Å². The predicted octanol–water partition coefficient (Wildman–Crippen LogP) is -0.0906. The van der Waals surface area contributed by atoms with Gasteiger partial charge in [0.2, 0.25) is 11.8 Å². The number of allylic oxidation sites excluding steroid dienone is 1. The van der Waals surface area contributed by atoms with Crippen molar-refractivity contribution in [2.24, 2.45) is 0 Å². The Bertz CT molecular complexity index is 248. The quantitative estimate of drug-likeness (QED) is 0.576. The summed E-state index contributed by atoms with van der Waals surface area (Å²) in [5.74, 6) is -0.172. The van der Waals surface area contributed by atoms with E-state index in [0.717, 1.165) is 0 Å². The Morgan fingerprint density at radius 1 is 1.69 bits per heavy atom. The molecular weight excluding hydrogens is 168 g/mol. The van der Waals surface area contributed by atoms with Crippen LogP contribution in [-0.4, -0.2) is 35.8 Å². The van der Waals surface area contributed by atoms with E-state index in [1.54, 1.807) is 24.8 Å². The molecule has 0 aromatic rings. The second-order valence-corrected chi connectivity index (χ2v) is 3.00. The highest BCUT2D eigenvalue weighted by Gasteiger charge is 2.27. The second kappa shape index (κ2) is 4.07. The molecule has 72 valence electrons. The highest BCUT2D eigenvalue weighted by atomic mass is 16.2. The molecule has 1 aliphatic heterocycles. The molecule has 1 aliphatic rings. The molecule has 4 nitrogen and oxygen atoms in total. The number of carbonyl (C=O) groups is 2. The average molecular weight is 182 g/mol. The van der Waals surface area contributed by atoms with Gasteiger partial charge in [0.15, 0.2) is 0 Å². The van der Waals surface area contributed by atoms with Crippen molar-refractivity contribution in [3.8, 4) is 0 Å². The average Bonchev–Trinajstić information content (AvgIpc) is 2.10. The molecule has 0 aliphatic carbocycles. The summed E-state index contributed by atoms with van der Waals surface area (Å²) in [6, 6.07) is -0.350. The van der Waals surface area contributed by atoms with Crippen LogP contribution in [0, 0.1) is 0 Å². The maximum absolute atomic E-state index is 11.4. The van der Waals surface area contributed by atoms with Crippen LogP contribution in [-0.2, 0) is 9.59 Å². The molecule has 1 saturated heterocycles. The maximum atomic E-state index is 11.4. The summed E-state index contributed by atoms with van der Waals surface area (Å²) < 4.78 is 0. The number of piperazine rings is 1. The van der Waals surface area contributed by atoms with Crippen molar-refractivity contribution in [2.75, 3.05) is 13.1 Å². The Hall–Kier alpha value is -1.32. The van der Waals surface area contributed by atoms with E-state index in [2.05, 4.69) is 5.32 Å². The van der Waals surface area contributed by atoms with Gasteiger partial charge in [-0.25, -0.2) is 0 Å². The van der Waals surface area contributed by atoms with Crippen molar-refractivity contribution in [3.63, 3.8) is 0 Å². The third-order valence-electron chi connectivity index (χ3n) is 2.09. The molecule has 0 saturated carbocycles. The standard InChI is InChI=1S/C9H14N2O2/c1-3-4-8(12)11-6-5-10-9(13)7(11)2/h3-4,7H,5-6H2,1-2H3,(H,10,13)/b4-3+. The number of hydrogen-bond acceptors (Lipinski definition) is 2. The number of carbonyl (C=O) groups excluding carboxylic acids is 2. The minimum Gasteiger partial charge on any atom is -0.353 e. The minimum atomic E-state index is -0.350. The molecule has 0 aromatic carbocycles. The third-order valence-corrected chi connectivity index (χ3v) is 2.09. The van der Waals surface area contributed by atoms with Crippen molar-refractivity contribution >= 4 is 11.8 Å². The van der Waals surface area contributed by atoms with E-state index >= 15 is 0 Å². The first-order chi connectivity index (χ1) is 6.16. The summed E-state index contributed by atoms with van der Waals surface area (Å²) in [7, 11) is 0. The van der Waals surface area contributed by atoms with Gasteiger partial charge in [0.25, 0.3) is 0 Å². The van der Waals surface area contributed by atoms with Gasteiger partial charge in [0, 0.05) is 13.1 Å². The van der Waals surface area contributed by atoms with Crippen LogP contribution in [0.15, 0.2) is 12.2 Å². The molecule has 0 radical (unpaired) electrons. The summed E-state index contributed by atoms with van der Waals surface area (Å²) in [6.07, 6.45) is 3.16. The van der Waals surface area contributed by atoms with Gasteiger partial charge < -0.3 is 10.2 Å². The van der Waals surface area contributed by atoms with Gasteiger partial charge in [-0.05, 0) is 19.9 Å².